The highest BCUT2D eigenvalue weighted by Crippen LogP contribution is 2.19. The van der Waals surface area contributed by atoms with Crippen LogP contribution in [0, 0.1) is 0 Å². The van der Waals surface area contributed by atoms with Crippen LogP contribution in [0.3, 0.4) is 0 Å². The Bertz CT molecular complexity index is 475. The van der Waals surface area contributed by atoms with Gasteiger partial charge in [-0.05, 0) is 24.6 Å². The highest BCUT2D eigenvalue weighted by atomic mass is 16.5. The summed E-state index contributed by atoms with van der Waals surface area (Å²) in [7, 11) is 0. The Morgan fingerprint density at radius 1 is 1.29 bits per heavy atom. The number of hydrogen-bond acceptors (Lipinski definition) is 5. The van der Waals surface area contributed by atoms with Crippen LogP contribution in [0.15, 0.2) is 36.9 Å². The van der Waals surface area contributed by atoms with Crippen molar-refractivity contribution in [2.45, 2.75) is 13.0 Å². The Hall–Kier alpha value is -2.01. The van der Waals surface area contributed by atoms with Gasteiger partial charge in [0.25, 0.3) is 0 Å². The molecule has 0 aliphatic rings. The Labute approximate surface area is 99.7 Å². The largest absolute Gasteiger partial charge is 0.492 e. The molecular weight excluding hydrogens is 216 g/mol. The van der Waals surface area contributed by atoms with Gasteiger partial charge in [0, 0.05) is 18.6 Å². The molecule has 2 rings (SSSR count). The zero-order valence-corrected chi connectivity index (χ0v) is 9.58. The summed E-state index contributed by atoms with van der Waals surface area (Å²) in [6.45, 7) is 2.52. The summed E-state index contributed by atoms with van der Waals surface area (Å²) >= 11 is 0. The summed E-state index contributed by atoms with van der Waals surface area (Å²) in [6.07, 6.45) is 6.69. The highest BCUT2D eigenvalue weighted by molar-refractivity contribution is 5.28. The third-order valence-electron chi connectivity index (χ3n) is 2.27. The van der Waals surface area contributed by atoms with Crippen LogP contribution in [-0.2, 0) is 0 Å². The monoisotopic (exact) mass is 230 g/mol. The molecular formula is C12H14N4O. The van der Waals surface area contributed by atoms with Crippen molar-refractivity contribution in [3.8, 4) is 5.75 Å². The molecule has 0 aliphatic carbocycles. The van der Waals surface area contributed by atoms with E-state index in [4.69, 9.17) is 10.5 Å². The van der Waals surface area contributed by atoms with Gasteiger partial charge in [0.1, 0.15) is 11.6 Å². The molecule has 0 radical (unpaired) electrons. The number of ether oxygens (including phenoxy) is 1. The molecule has 5 nitrogen and oxygen atoms in total. The molecule has 2 heterocycles. The molecule has 5 heteroatoms. The van der Waals surface area contributed by atoms with Crippen LogP contribution in [0.4, 0.5) is 0 Å². The lowest BCUT2D eigenvalue weighted by molar-refractivity contribution is 0.338. The minimum atomic E-state index is -0.385. The van der Waals surface area contributed by atoms with Crippen molar-refractivity contribution in [3.05, 3.63) is 48.3 Å². The van der Waals surface area contributed by atoms with E-state index in [9.17, 15) is 0 Å². The fraction of sp³-hybridized carbons (Fsp3) is 0.250. The number of rotatable bonds is 4. The smallest absolute Gasteiger partial charge is 0.149 e. The Balaban J connectivity index is 2.25. The van der Waals surface area contributed by atoms with Gasteiger partial charge in [-0.15, -0.1) is 0 Å². The molecule has 88 valence electrons. The zero-order chi connectivity index (χ0) is 12.1. The molecule has 17 heavy (non-hydrogen) atoms. The van der Waals surface area contributed by atoms with Gasteiger partial charge in [0.05, 0.1) is 18.8 Å². The number of aromatic nitrogens is 3. The van der Waals surface area contributed by atoms with Crippen LogP contribution >= 0.6 is 0 Å². The number of pyridine rings is 1. The van der Waals surface area contributed by atoms with Gasteiger partial charge in [-0.25, -0.2) is 9.97 Å². The second kappa shape index (κ2) is 5.36. The minimum Gasteiger partial charge on any atom is -0.492 e. The summed E-state index contributed by atoms with van der Waals surface area (Å²) in [4.78, 5) is 12.3. The van der Waals surface area contributed by atoms with Crippen LogP contribution in [0.25, 0.3) is 0 Å². The molecule has 1 unspecified atom stereocenters. The standard InChI is InChI=1S/C12H14N4O/c1-2-17-10-6-9(7-14-8-10)11(13)12-15-4-3-5-16-12/h3-8,11H,2,13H2,1H3. The Morgan fingerprint density at radius 3 is 2.76 bits per heavy atom. The number of hydrogen-bond donors (Lipinski definition) is 1. The topological polar surface area (TPSA) is 73.9 Å². The maximum Gasteiger partial charge on any atom is 0.149 e. The molecule has 0 aliphatic heterocycles. The first-order valence-corrected chi connectivity index (χ1v) is 5.41. The van der Waals surface area contributed by atoms with Crippen molar-refractivity contribution in [1.82, 2.24) is 15.0 Å². The lowest BCUT2D eigenvalue weighted by atomic mass is 10.1. The minimum absolute atomic E-state index is 0.385. The maximum atomic E-state index is 6.06. The van der Waals surface area contributed by atoms with Gasteiger partial charge in [-0.3, -0.25) is 4.98 Å². The van der Waals surface area contributed by atoms with Crippen molar-refractivity contribution in [2.75, 3.05) is 6.61 Å². The SMILES string of the molecule is CCOc1cncc(C(N)c2ncccn2)c1. The summed E-state index contributed by atoms with van der Waals surface area (Å²) in [6, 6.07) is 3.23. The van der Waals surface area contributed by atoms with Gasteiger partial charge in [0.2, 0.25) is 0 Å². The van der Waals surface area contributed by atoms with Crippen LogP contribution in [0.5, 0.6) is 5.75 Å². The molecule has 0 saturated heterocycles. The summed E-state index contributed by atoms with van der Waals surface area (Å²) in [5.41, 5.74) is 6.90. The van der Waals surface area contributed by atoms with Gasteiger partial charge >= 0.3 is 0 Å². The fourth-order valence-corrected chi connectivity index (χ4v) is 1.47. The van der Waals surface area contributed by atoms with Crippen molar-refractivity contribution in [1.29, 1.82) is 0 Å². The molecule has 0 fully saturated rings. The highest BCUT2D eigenvalue weighted by Gasteiger charge is 2.12. The summed E-state index contributed by atoms with van der Waals surface area (Å²) in [5.74, 6) is 1.28. The predicted molar refractivity (Wildman–Crippen MR) is 63.5 cm³/mol. The quantitative estimate of drug-likeness (QED) is 0.857. The van der Waals surface area contributed by atoms with E-state index in [0.29, 0.717) is 18.2 Å². The fourth-order valence-electron chi connectivity index (χ4n) is 1.47. The normalized spacial score (nSPS) is 12.1. The number of nitrogens with two attached hydrogens (primary N) is 1. The van der Waals surface area contributed by atoms with Crippen LogP contribution < -0.4 is 10.5 Å². The van der Waals surface area contributed by atoms with E-state index in [2.05, 4.69) is 15.0 Å². The first-order valence-electron chi connectivity index (χ1n) is 5.41. The van der Waals surface area contributed by atoms with E-state index in [-0.39, 0.29) is 6.04 Å². The Kier molecular flexibility index (Phi) is 3.62. The first-order chi connectivity index (χ1) is 8.31. The molecule has 0 spiro atoms. The summed E-state index contributed by atoms with van der Waals surface area (Å²) in [5, 5.41) is 0. The third kappa shape index (κ3) is 2.76. The van der Waals surface area contributed by atoms with Gasteiger partial charge in [0.15, 0.2) is 0 Å². The molecule has 2 aromatic rings. The Morgan fingerprint density at radius 2 is 2.06 bits per heavy atom. The van der Waals surface area contributed by atoms with Gasteiger partial charge in [-0.2, -0.15) is 0 Å². The second-order valence-electron chi connectivity index (χ2n) is 3.47. The molecule has 2 aromatic heterocycles. The molecule has 0 saturated carbocycles. The van der Waals surface area contributed by atoms with Crippen molar-refractivity contribution >= 4 is 0 Å². The van der Waals surface area contributed by atoms with E-state index >= 15 is 0 Å². The average Bonchev–Trinajstić information content (AvgIpc) is 2.40. The zero-order valence-electron chi connectivity index (χ0n) is 9.58. The average molecular weight is 230 g/mol. The molecule has 2 N–H and O–H groups in total. The van der Waals surface area contributed by atoms with Crippen LogP contribution in [0.2, 0.25) is 0 Å². The van der Waals surface area contributed by atoms with E-state index in [1.807, 2.05) is 13.0 Å². The lowest BCUT2D eigenvalue weighted by Gasteiger charge is -2.11. The van der Waals surface area contributed by atoms with Crippen molar-refractivity contribution in [3.63, 3.8) is 0 Å². The molecule has 0 amide bonds. The summed E-state index contributed by atoms with van der Waals surface area (Å²) < 4.78 is 5.37. The third-order valence-corrected chi connectivity index (χ3v) is 2.27. The molecule has 0 aromatic carbocycles. The second-order valence-corrected chi connectivity index (χ2v) is 3.47. The number of nitrogens with zero attached hydrogens (tertiary/aromatic N) is 3. The van der Waals surface area contributed by atoms with Gasteiger partial charge < -0.3 is 10.5 Å². The van der Waals surface area contributed by atoms with Crippen molar-refractivity contribution < 1.29 is 4.74 Å². The molecule has 1 atom stereocenters. The van der Waals surface area contributed by atoms with E-state index in [1.165, 1.54) is 0 Å². The molecule has 0 bridgehead atoms. The van der Waals surface area contributed by atoms with Crippen LogP contribution in [-0.4, -0.2) is 21.6 Å². The lowest BCUT2D eigenvalue weighted by Crippen LogP contribution is -2.15. The van der Waals surface area contributed by atoms with Gasteiger partial charge in [-0.1, -0.05) is 0 Å². The predicted octanol–water partition coefficient (Wildman–Crippen LogP) is 1.32. The maximum absolute atomic E-state index is 6.06. The van der Waals surface area contributed by atoms with E-state index in [1.54, 1.807) is 30.9 Å². The van der Waals surface area contributed by atoms with Crippen molar-refractivity contribution in [2.24, 2.45) is 5.73 Å². The van der Waals surface area contributed by atoms with E-state index < -0.39 is 0 Å². The van der Waals surface area contributed by atoms with E-state index in [0.717, 1.165) is 5.56 Å². The first kappa shape index (κ1) is 11.5. The van der Waals surface area contributed by atoms with Crippen LogP contribution in [0.1, 0.15) is 24.4 Å².